The van der Waals surface area contributed by atoms with Crippen molar-refractivity contribution < 1.29 is 13.2 Å². The average Bonchev–Trinajstić information content (AvgIpc) is 3.29. The molecule has 0 aliphatic carbocycles. The van der Waals surface area contributed by atoms with Crippen LogP contribution in [0.1, 0.15) is 50.2 Å². The number of rotatable bonds is 11. The van der Waals surface area contributed by atoms with Gasteiger partial charge in [-0.1, -0.05) is 85.8 Å². The summed E-state index contributed by atoms with van der Waals surface area (Å²) in [6, 6.07) is 24.9. The van der Waals surface area contributed by atoms with Crippen LogP contribution in [0.2, 0.25) is 0 Å². The van der Waals surface area contributed by atoms with Gasteiger partial charge in [0.25, 0.3) is 0 Å². The van der Waals surface area contributed by atoms with Crippen molar-refractivity contribution in [1.82, 2.24) is 9.29 Å². The van der Waals surface area contributed by atoms with Crippen LogP contribution in [-0.2, 0) is 14.8 Å². The number of aromatic nitrogens is 1. The van der Waals surface area contributed by atoms with Crippen molar-refractivity contribution >= 4 is 42.6 Å². The highest BCUT2D eigenvalue weighted by Crippen LogP contribution is 2.31. The van der Waals surface area contributed by atoms with E-state index in [4.69, 9.17) is 0 Å². The van der Waals surface area contributed by atoms with Gasteiger partial charge >= 0.3 is 0 Å². The number of nitrogens with one attached hydrogen (secondary N) is 1. The number of nitrogens with zero attached hydrogens (tertiary/aromatic N) is 2. The Kier molecular flexibility index (Phi) is 8.51. The van der Waals surface area contributed by atoms with Gasteiger partial charge in [0.05, 0.1) is 15.1 Å². The van der Waals surface area contributed by atoms with Crippen LogP contribution in [0.3, 0.4) is 0 Å². The van der Waals surface area contributed by atoms with E-state index in [1.54, 1.807) is 18.2 Å². The maximum Gasteiger partial charge on any atom is 0.243 e. The molecule has 0 atom stereocenters. The van der Waals surface area contributed by atoms with Crippen molar-refractivity contribution in [2.45, 2.75) is 43.9 Å². The summed E-state index contributed by atoms with van der Waals surface area (Å²) in [6.45, 7) is 4.92. The second kappa shape index (κ2) is 11.8. The lowest BCUT2D eigenvalue weighted by molar-refractivity contribution is -0.116. The predicted octanol–water partition coefficient (Wildman–Crippen LogP) is 6.27. The van der Waals surface area contributed by atoms with Gasteiger partial charge in [0.15, 0.2) is 5.13 Å². The van der Waals surface area contributed by atoms with E-state index in [-0.39, 0.29) is 23.1 Å². The minimum absolute atomic E-state index is 0.0818. The molecule has 1 heterocycles. The highest BCUT2D eigenvalue weighted by atomic mass is 32.2. The number of sulfonamides is 1. The number of benzene rings is 3. The number of carbonyl (C=O) groups is 1. The van der Waals surface area contributed by atoms with E-state index in [0.717, 1.165) is 28.7 Å². The van der Waals surface area contributed by atoms with E-state index in [2.05, 4.69) is 10.3 Å². The van der Waals surface area contributed by atoms with Gasteiger partial charge in [0, 0.05) is 25.4 Å². The monoisotopic (exact) mass is 521 g/mol. The Hall–Kier alpha value is -3.07. The Morgan fingerprint density at radius 3 is 2.06 bits per heavy atom. The number of carbonyl (C=O) groups excluding carboxylic acids is 1. The van der Waals surface area contributed by atoms with E-state index >= 15 is 0 Å². The lowest BCUT2D eigenvalue weighted by atomic mass is 9.88. The zero-order chi connectivity index (χ0) is 25.5. The van der Waals surface area contributed by atoms with E-state index in [1.807, 2.05) is 74.5 Å². The highest BCUT2D eigenvalue weighted by molar-refractivity contribution is 7.89. The molecule has 0 spiro atoms. The van der Waals surface area contributed by atoms with Gasteiger partial charge in [0.1, 0.15) is 0 Å². The van der Waals surface area contributed by atoms with Crippen LogP contribution in [0.15, 0.2) is 83.8 Å². The zero-order valence-corrected chi connectivity index (χ0v) is 22.2. The summed E-state index contributed by atoms with van der Waals surface area (Å²) in [5, 5.41) is 3.39. The number of thiazole rings is 1. The molecule has 4 rings (SSSR count). The van der Waals surface area contributed by atoms with Gasteiger partial charge in [-0.25, -0.2) is 13.4 Å². The summed E-state index contributed by atoms with van der Waals surface area (Å²) < 4.78 is 28.6. The molecule has 4 aromatic rings. The number of hydrogen-bond acceptors (Lipinski definition) is 5. The van der Waals surface area contributed by atoms with Crippen LogP contribution in [-0.4, -0.2) is 36.7 Å². The molecular weight excluding hydrogens is 490 g/mol. The van der Waals surface area contributed by atoms with Crippen molar-refractivity contribution in [2.75, 3.05) is 18.4 Å². The fourth-order valence-corrected chi connectivity index (χ4v) is 6.92. The first-order chi connectivity index (χ1) is 17.4. The molecule has 0 fully saturated rings. The summed E-state index contributed by atoms with van der Waals surface area (Å²) >= 11 is 1.29. The van der Waals surface area contributed by atoms with Crippen LogP contribution in [0.25, 0.3) is 10.2 Å². The molecule has 0 radical (unpaired) electrons. The van der Waals surface area contributed by atoms with E-state index in [9.17, 15) is 13.2 Å². The van der Waals surface area contributed by atoms with Crippen LogP contribution in [0, 0.1) is 0 Å². The predicted molar refractivity (Wildman–Crippen MR) is 147 cm³/mol. The van der Waals surface area contributed by atoms with Crippen molar-refractivity contribution in [1.29, 1.82) is 0 Å². The molecule has 36 heavy (non-hydrogen) atoms. The van der Waals surface area contributed by atoms with Gasteiger partial charge in [-0.2, -0.15) is 4.31 Å². The molecule has 1 aromatic heterocycles. The lowest BCUT2D eigenvalue weighted by Gasteiger charge is -2.20. The second-order valence-electron chi connectivity index (χ2n) is 8.68. The summed E-state index contributed by atoms with van der Waals surface area (Å²) in [6.07, 6.45) is 1.78. The fraction of sp³-hybridized carbons (Fsp3) is 0.286. The molecule has 1 amide bonds. The minimum atomic E-state index is -3.58. The molecule has 8 heteroatoms. The Labute approximate surface area is 217 Å². The van der Waals surface area contributed by atoms with E-state index in [0.29, 0.717) is 23.7 Å². The summed E-state index contributed by atoms with van der Waals surface area (Å²) in [5.74, 6) is -0.224. The molecule has 0 saturated heterocycles. The van der Waals surface area contributed by atoms with Gasteiger partial charge in [-0.3, -0.25) is 4.79 Å². The average molecular weight is 522 g/mol. The van der Waals surface area contributed by atoms with Crippen LogP contribution >= 0.6 is 11.3 Å². The molecule has 6 nitrogen and oxygen atoms in total. The van der Waals surface area contributed by atoms with Crippen molar-refractivity contribution in [3.63, 3.8) is 0 Å². The Morgan fingerprint density at radius 1 is 0.917 bits per heavy atom. The summed E-state index contributed by atoms with van der Waals surface area (Å²) in [7, 11) is -3.58. The largest absolute Gasteiger partial charge is 0.302 e. The van der Waals surface area contributed by atoms with Gasteiger partial charge in [-0.05, 0) is 42.2 Å². The SMILES string of the molecule is CCCN(CCC)S(=O)(=O)c1ccc2nc(NC(=O)CC(c3ccccc3)c3ccccc3)sc2c1. The third kappa shape index (κ3) is 6.00. The zero-order valence-electron chi connectivity index (χ0n) is 20.6. The van der Waals surface area contributed by atoms with Crippen LogP contribution in [0.5, 0.6) is 0 Å². The van der Waals surface area contributed by atoms with Crippen LogP contribution < -0.4 is 5.32 Å². The smallest absolute Gasteiger partial charge is 0.243 e. The van der Waals surface area contributed by atoms with Crippen molar-refractivity contribution in [3.05, 3.63) is 90.0 Å². The fourth-order valence-electron chi connectivity index (χ4n) is 4.27. The number of fused-ring (bicyclic) bond motifs is 1. The molecular formula is C28H31N3O3S2. The standard InChI is InChI=1S/C28H31N3O3S2/c1-3-17-31(18-4-2)36(33,34)23-15-16-25-26(19-23)35-28(29-25)30-27(32)20-24(21-11-7-5-8-12-21)22-13-9-6-10-14-22/h5-16,19,24H,3-4,17-18,20H2,1-2H3,(H,29,30,32). The number of hydrogen-bond donors (Lipinski definition) is 1. The summed E-state index contributed by atoms with van der Waals surface area (Å²) in [4.78, 5) is 17.8. The van der Waals surface area contributed by atoms with Gasteiger partial charge < -0.3 is 5.32 Å². The third-order valence-electron chi connectivity index (χ3n) is 5.98. The molecule has 1 N–H and O–H groups in total. The van der Waals surface area contributed by atoms with E-state index < -0.39 is 10.0 Å². The Bertz CT molecular complexity index is 1360. The van der Waals surface area contributed by atoms with Crippen molar-refractivity contribution in [2.24, 2.45) is 0 Å². The number of amides is 1. The van der Waals surface area contributed by atoms with Crippen LogP contribution in [0.4, 0.5) is 5.13 Å². The number of anilines is 1. The topological polar surface area (TPSA) is 79.4 Å². The first-order valence-corrected chi connectivity index (χ1v) is 14.5. The van der Waals surface area contributed by atoms with E-state index in [1.165, 1.54) is 15.6 Å². The molecule has 0 aliphatic rings. The Morgan fingerprint density at radius 2 is 1.50 bits per heavy atom. The second-order valence-corrected chi connectivity index (χ2v) is 11.6. The quantitative estimate of drug-likeness (QED) is 0.252. The molecule has 188 valence electrons. The highest BCUT2D eigenvalue weighted by Gasteiger charge is 2.24. The molecule has 3 aromatic carbocycles. The maximum atomic E-state index is 13.2. The molecule has 0 aliphatic heterocycles. The minimum Gasteiger partial charge on any atom is -0.302 e. The Balaban J connectivity index is 1.54. The first kappa shape index (κ1) is 26.0. The van der Waals surface area contributed by atoms with Crippen molar-refractivity contribution in [3.8, 4) is 0 Å². The lowest BCUT2D eigenvalue weighted by Crippen LogP contribution is -2.32. The third-order valence-corrected chi connectivity index (χ3v) is 8.81. The molecule has 0 bridgehead atoms. The first-order valence-electron chi connectivity index (χ1n) is 12.2. The maximum absolute atomic E-state index is 13.2. The van der Waals surface area contributed by atoms with Gasteiger partial charge in [-0.15, -0.1) is 0 Å². The summed E-state index contributed by atoms with van der Waals surface area (Å²) in [5.41, 5.74) is 2.80. The van der Waals surface area contributed by atoms with Gasteiger partial charge in [0.2, 0.25) is 15.9 Å². The normalized spacial score (nSPS) is 11.9. The molecule has 0 unspecified atom stereocenters. The molecule has 0 saturated carbocycles.